The van der Waals surface area contributed by atoms with Crippen LogP contribution in [0.1, 0.15) is 46.0 Å². The van der Waals surface area contributed by atoms with Gasteiger partial charge in [-0.15, -0.1) is 0 Å². The van der Waals surface area contributed by atoms with Gasteiger partial charge in [0.25, 0.3) is 0 Å². The van der Waals surface area contributed by atoms with E-state index in [1.807, 2.05) is 9.80 Å². The number of hydrogen-bond acceptors (Lipinski definition) is 2. The Kier molecular flexibility index (Phi) is 4.83. The lowest BCUT2D eigenvalue weighted by molar-refractivity contribution is -0.137. The van der Waals surface area contributed by atoms with Crippen LogP contribution in [0, 0.1) is 11.8 Å². The number of hydrogen-bond donors (Lipinski definition) is 0. The number of rotatable bonds is 4. The first-order valence-electron chi connectivity index (χ1n) is 7.68. The molecule has 0 aromatic carbocycles. The number of unbranched alkanes of at least 4 members (excludes halogenated alkanes) is 1. The van der Waals surface area contributed by atoms with E-state index in [9.17, 15) is 9.59 Å². The third-order valence-corrected chi connectivity index (χ3v) is 4.31. The lowest BCUT2D eigenvalue weighted by Crippen LogP contribution is -2.43. The zero-order valence-corrected chi connectivity index (χ0v) is 12.2. The number of amides is 2. The molecular weight excluding hydrogens is 240 g/mol. The van der Waals surface area contributed by atoms with Crippen molar-refractivity contribution in [2.45, 2.75) is 46.0 Å². The van der Waals surface area contributed by atoms with Crippen LogP contribution in [0.4, 0.5) is 0 Å². The Morgan fingerprint density at radius 3 is 2.84 bits per heavy atom. The van der Waals surface area contributed by atoms with Gasteiger partial charge in [0, 0.05) is 32.6 Å². The fraction of sp³-hybridized carbons (Fsp3) is 0.867. The largest absolute Gasteiger partial charge is 0.342 e. The minimum Gasteiger partial charge on any atom is -0.342 e. The first kappa shape index (κ1) is 14.4. The monoisotopic (exact) mass is 266 g/mol. The highest BCUT2D eigenvalue weighted by Gasteiger charge is 2.36. The first-order valence-corrected chi connectivity index (χ1v) is 7.68. The summed E-state index contributed by atoms with van der Waals surface area (Å²) in [6.07, 6.45) is 4.87. The summed E-state index contributed by atoms with van der Waals surface area (Å²) in [5.41, 5.74) is 0. The Labute approximate surface area is 116 Å². The van der Waals surface area contributed by atoms with Crippen molar-refractivity contribution in [3.63, 3.8) is 0 Å². The van der Waals surface area contributed by atoms with Gasteiger partial charge >= 0.3 is 0 Å². The van der Waals surface area contributed by atoms with Crippen LogP contribution < -0.4 is 0 Å². The lowest BCUT2D eigenvalue weighted by atomic mass is 9.98. The first-order chi connectivity index (χ1) is 9.11. The molecule has 4 heteroatoms. The molecule has 2 rings (SSSR count). The number of carbonyl (C=O) groups excluding carboxylic acids is 2. The van der Waals surface area contributed by atoms with Crippen LogP contribution in [0.2, 0.25) is 0 Å². The summed E-state index contributed by atoms with van der Waals surface area (Å²) >= 11 is 0. The highest BCUT2D eigenvalue weighted by Crippen LogP contribution is 2.23. The molecule has 2 aliphatic heterocycles. The highest BCUT2D eigenvalue weighted by molar-refractivity contribution is 5.89. The summed E-state index contributed by atoms with van der Waals surface area (Å²) in [5, 5.41) is 0. The standard InChI is InChI=1S/C15H26N2O2/c1-3-4-7-16-11-13(9-14(16)18)15(19)17-8-5-6-12(2)10-17/h12-13H,3-11H2,1-2H3/t12-,13-/m1/s1. The summed E-state index contributed by atoms with van der Waals surface area (Å²) in [6, 6.07) is 0. The maximum absolute atomic E-state index is 12.5. The van der Waals surface area contributed by atoms with Crippen molar-refractivity contribution in [3.05, 3.63) is 0 Å². The molecule has 4 nitrogen and oxygen atoms in total. The Hall–Kier alpha value is -1.06. The second-order valence-corrected chi connectivity index (χ2v) is 6.13. The van der Waals surface area contributed by atoms with Gasteiger partial charge in [0.2, 0.25) is 11.8 Å². The van der Waals surface area contributed by atoms with Gasteiger partial charge < -0.3 is 9.80 Å². The van der Waals surface area contributed by atoms with Crippen molar-refractivity contribution >= 4 is 11.8 Å². The molecule has 19 heavy (non-hydrogen) atoms. The molecule has 2 fully saturated rings. The maximum atomic E-state index is 12.5. The normalized spacial score (nSPS) is 28.0. The van der Waals surface area contributed by atoms with Crippen molar-refractivity contribution in [1.29, 1.82) is 0 Å². The maximum Gasteiger partial charge on any atom is 0.228 e. The molecule has 2 saturated heterocycles. The molecular formula is C15H26N2O2. The van der Waals surface area contributed by atoms with Crippen LogP contribution in [-0.2, 0) is 9.59 Å². The third kappa shape index (κ3) is 3.48. The van der Waals surface area contributed by atoms with Gasteiger partial charge in [-0.3, -0.25) is 9.59 Å². The Bertz CT molecular complexity index is 343. The van der Waals surface area contributed by atoms with E-state index in [1.54, 1.807) is 0 Å². The van der Waals surface area contributed by atoms with Crippen LogP contribution in [0.3, 0.4) is 0 Å². The average Bonchev–Trinajstić information content (AvgIpc) is 2.77. The van der Waals surface area contributed by atoms with Crippen LogP contribution in [0.25, 0.3) is 0 Å². The van der Waals surface area contributed by atoms with Crippen molar-refractivity contribution in [2.24, 2.45) is 11.8 Å². The second-order valence-electron chi connectivity index (χ2n) is 6.13. The van der Waals surface area contributed by atoms with Gasteiger partial charge in [-0.2, -0.15) is 0 Å². The third-order valence-electron chi connectivity index (χ3n) is 4.31. The van der Waals surface area contributed by atoms with Crippen LogP contribution in [0.5, 0.6) is 0 Å². The van der Waals surface area contributed by atoms with Crippen molar-refractivity contribution in [1.82, 2.24) is 9.80 Å². The van der Waals surface area contributed by atoms with E-state index in [0.717, 1.165) is 38.9 Å². The fourth-order valence-electron chi connectivity index (χ4n) is 3.15. The molecule has 0 aromatic heterocycles. The quantitative estimate of drug-likeness (QED) is 0.779. The zero-order chi connectivity index (χ0) is 13.8. The molecule has 2 heterocycles. The van der Waals surface area contributed by atoms with Gasteiger partial charge in [0.15, 0.2) is 0 Å². The van der Waals surface area contributed by atoms with Crippen LogP contribution >= 0.6 is 0 Å². The van der Waals surface area contributed by atoms with Gasteiger partial charge in [-0.1, -0.05) is 20.3 Å². The summed E-state index contributed by atoms with van der Waals surface area (Å²) in [4.78, 5) is 28.2. The highest BCUT2D eigenvalue weighted by atomic mass is 16.2. The predicted molar refractivity (Wildman–Crippen MR) is 74.6 cm³/mol. The van der Waals surface area contributed by atoms with Gasteiger partial charge in [-0.05, 0) is 25.2 Å². The van der Waals surface area contributed by atoms with E-state index in [2.05, 4.69) is 13.8 Å². The predicted octanol–water partition coefficient (Wildman–Crippen LogP) is 1.89. The van der Waals surface area contributed by atoms with Crippen molar-refractivity contribution in [3.8, 4) is 0 Å². The average molecular weight is 266 g/mol. The van der Waals surface area contributed by atoms with E-state index >= 15 is 0 Å². The molecule has 0 aliphatic carbocycles. The molecule has 2 amide bonds. The van der Waals surface area contributed by atoms with E-state index in [-0.39, 0.29) is 17.7 Å². The van der Waals surface area contributed by atoms with Gasteiger partial charge in [-0.25, -0.2) is 0 Å². The molecule has 0 radical (unpaired) electrons. The Morgan fingerprint density at radius 1 is 1.37 bits per heavy atom. The Balaban J connectivity index is 1.88. The number of likely N-dealkylation sites (tertiary alicyclic amines) is 2. The van der Waals surface area contributed by atoms with E-state index in [1.165, 1.54) is 6.42 Å². The summed E-state index contributed by atoms with van der Waals surface area (Å²) in [5.74, 6) is 0.886. The van der Waals surface area contributed by atoms with Crippen molar-refractivity contribution < 1.29 is 9.59 Å². The SMILES string of the molecule is CCCCN1C[C@H](C(=O)N2CCC[C@@H](C)C2)CC1=O. The molecule has 2 atom stereocenters. The molecule has 0 bridgehead atoms. The summed E-state index contributed by atoms with van der Waals surface area (Å²) in [6.45, 7) is 7.53. The Morgan fingerprint density at radius 2 is 2.16 bits per heavy atom. The van der Waals surface area contributed by atoms with Gasteiger partial charge in [0.05, 0.1) is 5.92 Å². The number of piperidine rings is 1. The minimum atomic E-state index is -0.0883. The van der Waals surface area contributed by atoms with Crippen LogP contribution in [-0.4, -0.2) is 47.8 Å². The lowest BCUT2D eigenvalue weighted by Gasteiger charge is -2.32. The number of carbonyl (C=O) groups is 2. The fourth-order valence-corrected chi connectivity index (χ4v) is 3.15. The summed E-state index contributed by atoms with van der Waals surface area (Å²) in [7, 11) is 0. The second kappa shape index (κ2) is 6.40. The number of nitrogens with zero attached hydrogens (tertiary/aromatic N) is 2. The molecule has 0 spiro atoms. The van der Waals surface area contributed by atoms with Gasteiger partial charge in [0.1, 0.15) is 0 Å². The topological polar surface area (TPSA) is 40.6 Å². The molecule has 0 N–H and O–H groups in total. The van der Waals surface area contributed by atoms with E-state index in [4.69, 9.17) is 0 Å². The molecule has 2 aliphatic rings. The molecule has 0 saturated carbocycles. The molecule has 108 valence electrons. The zero-order valence-electron chi connectivity index (χ0n) is 12.2. The van der Waals surface area contributed by atoms with Crippen LogP contribution in [0.15, 0.2) is 0 Å². The van der Waals surface area contributed by atoms with E-state index < -0.39 is 0 Å². The molecule has 0 unspecified atom stereocenters. The smallest absolute Gasteiger partial charge is 0.228 e. The van der Waals surface area contributed by atoms with Crippen molar-refractivity contribution in [2.75, 3.05) is 26.2 Å². The summed E-state index contributed by atoms with van der Waals surface area (Å²) < 4.78 is 0. The molecule has 0 aromatic rings. The van der Waals surface area contributed by atoms with E-state index in [0.29, 0.717) is 18.9 Å². The minimum absolute atomic E-state index is 0.0883.